The molecule has 1 aromatic carbocycles. The van der Waals surface area contributed by atoms with Crippen LogP contribution in [-0.4, -0.2) is 25.3 Å². The Hall–Kier alpha value is -1.06. The summed E-state index contributed by atoms with van der Waals surface area (Å²) >= 11 is 0. The molecule has 2 N–H and O–H groups in total. The van der Waals surface area contributed by atoms with Crippen molar-refractivity contribution in [1.82, 2.24) is 0 Å². The minimum absolute atomic E-state index is 0.570. The van der Waals surface area contributed by atoms with Crippen LogP contribution in [0.25, 0.3) is 0 Å². The highest BCUT2D eigenvalue weighted by Gasteiger charge is 2.37. The summed E-state index contributed by atoms with van der Waals surface area (Å²) in [5.41, 5.74) is 8.38. The molecule has 1 aromatic rings. The molecule has 1 saturated heterocycles. The molecule has 86 valence electrons. The van der Waals surface area contributed by atoms with Gasteiger partial charge in [0.25, 0.3) is 0 Å². The number of nitrogens with zero attached hydrogens (tertiary/aromatic N) is 1. The normalized spacial score (nSPS) is 20.6. The summed E-state index contributed by atoms with van der Waals surface area (Å²) in [7, 11) is 0. The molecule has 0 spiro atoms. The van der Waals surface area contributed by atoms with Crippen LogP contribution in [0, 0.1) is 0 Å². The van der Waals surface area contributed by atoms with Gasteiger partial charge in [0.05, 0.1) is 19.3 Å². The van der Waals surface area contributed by atoms with Crippen LogP contribution in [0.1, 0.15) is 18.4 Å². The third-order valence-electron chi connectivity index (χ3n) is 3.44. The van der Waals surface area contributed by atoms with Crippen molar-refractivity contribution < 1.29 is 4.74 Å². The van der Waals surface area contributed by atoms with E-state index in [0.717, 1.165) is 19.3 Å². The van der Waals surface area contributed by atoms with Crippen LogP contribution in [0.4, 0.5) is 5.69 Å². The Labute approximate surface area is 96.2 Å². The molecular formula is C13H18N2O. The second-order valence-corrected chi connectivity index (χ2v) is 4.66. The van der Waals surface area contributed by atoms with Crippen molar-refractivity contribution in [3.63, 3.8) is 0 Å². The number of para-hydroxylation sites is 1. The molecule has 1 saturated carbocycles. The fraction of sp³-hybridized carbons (Fsp3) is 0.538. The maximum atomic E-state index is 5.81. The van der Waals surface area contributed by atoms with E-state index in [1.54, 1.807) is 0 Å². The van der Waals surface area contributed by atoms with Gasteiger partial charge < -0.3 is 15.4 Å². The van der Waals surface area contributed by atoms with E-state index in [4.69, 9.17) is 10.5 Å². The monoisotopic (exact) mass is 218 g/mol. The first-order chi connectivity index (χ1) is 7.90. The van der Waals surface area contributed by atoms with Gasteiger partial charge in [-0.3, -0.25) is 0 Å². The molecule has 1 aliphatic heterocycles. The van der Waals surface area contributed by atoms with Gasteiger partial charge in [-0.1, -0.05) is 18.2 Å². The lowest BCUT2D eigenvalue weighted by molar-refractivity contribution is 0.00735. The third kappa shape index (κ3) is 1.70. The molecule has 2 fully saturated rings. The lowest BCUT2D eigenvalue weighted by atomic mass is 10.1. The summed E-state index contributed by atoms with van der Waals surface area (Å²) in [5.74, 6) is 0. The summed E-state index contributed by atoms with van der Waals surface area (Å²) in [6, 6.07) is 9.78. The largest absolute Gasteiger partial charge is 0.377 e. The van der Waals surface area contributed by atoms with Crippen LogP contribution >= 0.6 is 0 Å². The van der Waals surface area contributed by atoms with E-state index >= 15 is 0 Å². The molecule has 3 heteroatoms. The minimum atomic E-state index is 0.570. The Morgan fingerprint density at radius 1 is 1.19 bits per heavy atom. The van der Waals surface area contributed by atoms with Gasteiger partial charge in [0.1, 0.15) is 0 Å². The van der Waals surface area contributed by atoms with Gasteiger partial charge >= 0.3 is 0 Å². The summed E-state index contributed by atoms with van der Waals surface area (Å²) < 4.78 is 5.32. The number of hydrogen-bond acceptors (Lipinski definition) is 3. The lowest BCUT2D eigenvalue weighted by Gasteiger charge is -2.40. The van der Waals surface area contributed by atoms with Crippen molar-refractivity contribution in [2.75, 3.05) is 18.1 Å². The lowest BCUT2D eigenvalue weighted by Crippen LogP contribution is -2.50. The Balaban J connectivity index is 1.91. The molecule has 0 atom stereocenters. The molecule has 2 aliphatic rings. The summed E-state index contributed by atoms with van der Waals surface area (Å²) in [6.07, 6.45) is 2.63. The fourth-order valence-electron chi connectivity index (χ4n) is 2.36. The number of rotatable bonds is 4. The van der Waals surface area contributed by atoms with E-state index in [9.17, 15) is 0 Å². The van der Waals surface area contributed by atoms with Crippen molar-refractivity contribution in [3.8, 4) is 0 Å². The SMILES string of the molecule is NCc1ccccc1N(C1CC1)C1COC1. The summed E-state index contributed by atoms with van der Waals surface area (Å²) in [4.78, 5) is 2.53. The molecule has 0 bridgehead atoms. The topological polar surface area (TPSA) is 38.5 Å². The van der Waals surface area contributed by atoms with Gasteiger partial charge in [0, 0.05) is 18.3 Å². The van der Waals surface area contributed by atoms with Crippen LogP contribution in [0.2, 0.25) is 0 Å². The Morgan fingerprint density at radius 2 is 1.94 bits per heavy atom. The van der Waals surface area contributed by atoms with Gasteiger partial charge in [0.2, 0.25) is 0 Å². The predicted octanol–water partition coefficient (Wildman–Crippen LogP) is 1.51. The number of nitrogens with two attached hydrogens (primary N) is 1. The van der Waals surface area contributed by atoms with E-state index in [2.05, 4.69) is 29.2 Å². The van der Waals surface area contributed by atoms with Crippen LogP contribution < -0.4 is 10.6 Å². The number of benzene rings is 1. The predicted molar refractivity (Wildman–Crippen MR) is 64.4 cm³/mol. The Morgan fingerprint density at radius 3 is 2.50 bits per heavy atom. The maximum Gasteiger partial charge on any atom is 0.0760 e. The summed E-state index contributed by atoms with van der Waals surface area (Å²) in [6.45, 7) is 2.36. The van der Waals surface area contributed by atoms with E-state index in [1.807, 2.05) is 0 Å². The van der Waals surface area contributed by atoms with E-state index in [-0.39, 0.29) is 0 Å². The first kappa shape index (κ1) is 10.1. The molecule has 0 aromatic heterocycles. The van der Waals surface area contributed by atoms with Crippen molar-refractivity contribution in [2.45, 2.75) is 31.5 Å². The smallest absolute Gasteiger partial charge is 0.0760 e. The van der Waals surface area contributed by atoms with E-state index < -0.39 is 0 Å². The van der Waals surface area contributed by atoms with Crippen molar-refractivity contribution >= 4 is 5.69 Å². The van der Waals surface area contributed by atoms with Crippen LogP contribution in [0.5, 0.6) is 0 Å². The zero-order valence-corrected chi connectivity index (χ0v) is 9.43. The Kier molecular flexibility index (Phi) is 2.58. The highest BCUT2D eigenvalue weighted by molar-refractivity contribution is 5.56. The minimum Gasteiger partial charge on any atom is -0.377 e. The standard InChI is InChI=1S/C13H18N2O/c14-7-10-3-1-2-4-13(10)15(11-5-6-11)12-8-16-9-12/h1-4,11-12H,5-9,14H2. The number of anilines is 1. The second-order valence-electron chi connectivity index (χ2n) is 4.66. The van der Waals surface area contributed by atoms with Crippen molar-refractivity contribution in [3.05, 3.63) is 29.8 Å². The number of hydrogen-bond donors (Lipinski definition) is 1. The molecule has 3 nitrogen and oxygen atoms in total. The fourth-order valence-corrected chi connectivity index (χ4v) is 2.36. The third-order valence-corrected chi connectivity index (χ3v) is 3.44. The molecule has 1 heterocycles. The second kappa shape index (κ2) is 4.07. The quantitative estimate of drug-likeness (QED) is 0.832. The maximum absolute atomic E-state index is 5.81. The molecule has 16 heavy (non-hydrogen) atoms. The molecule has 0 radical (unpaired) electrons. The van der Waals surface area contributed by atoms with Gasteiger partial charge in [-0.05, 0) is 24.5 Å². The van der Waals surface area contributed by atoms with Gasteiger partial charge in [-0.25, -0.2) is 0 Å². The van der Waals surface area contributed by atoms with Crippen molar-refractivity contribution in [1.29, 1.82) is 0 Å². The van der Waals surface area contributed by atoms with Crippen LogP contribution in [-0.2, 0) is 11.3 Å². The highest BCUT2D eigenvalue weighted by Crippen LogP contribution is 2.36. The zero-order valence-electron chi connectivity index (χ0n) is 9.43. The van der Waals surface area contributed by atoms with Crippen LogP contribution in [0.15, 0.2) is 24.3 Å². The van der Waals surface area contributed by atoms with Gasteiger partial charge in [0.15, 0.2) is 0 Å². The van der Waals surface area contributed by atoms with Gasteiger partial charge in [-0.2, -0.15) is 0 Å². The molecule has 0 unspecified atom stereocenters. The van der Waals surface area contributed by atoms with E-state index in [0.29, 0.717) is 12.6 Å². The molecule has 3 rings (SSSR count). The van der Waals surface area contributed by atoms with Gasteiger partial charge in [-0.15, -0.1) is 0 Å². The molecule has 0 amide bonds. The average molecular weight is 218 g/mol. The van der Waals surface area contributed by atoms with Crippen LogP contribution in [0.3, 0.4) is 0 Å². The first-order valence-corrected chi connectivity index (χ1v) is 6.04. The number of ether oxygens (including phenoxy) is 1. The summed E-state index contributed by atoms with van der Waals surface area (Å²) in [5, 5.41) is 0. The average Bonchev–Trinajstić information content (AvgIpc) is 3.07. The Bertz CT molecular complexity index is 372. The first-order valence-electron chi connectivity index (χ1n) is 6.04. The highest BCUT2D eigenvalue weighted by atomic mass is 16.5. The van der Waals surface area contributed by atoms with Crippen molar-refractivity contribution in [2.24, 2.45) is 5.73 Å². The zero-order chi connectivity index (χ0) is 11.0. The molecular weight excluding hydrogens is 200 g/mol. The van der Waals surface area contributed by atoms with E-state index in [1.165, 1.54) is 24.1 Å². The molecule has 1 aliphatic carbocycles.